The number of nitrogens with zero attached hydrogens (tertiary/aromatic N) is 1. The summed E-state index contributed by atoms with van der Waals surface area (Å²) in [4.78, 5) is 28.9. The number of ether oxygens (including phenoxy) is 2. The average Bonchev–Trinajstić information content (AvgIpc) is 2.97. The summed E-state index contributed by atoms with van der Waals surface area (Å²) in [6.45, 7) is 5.30. The summed E-state index contributed by atoms with van der Waals surface area (Å²) in [6.07, 6.45) is 30.5. The van der Waals surface area contributed by atoms with Crippen molar-refractivity contribution in [2.45, 2.75) is 168 Å². The van der Waals surface area contributed by atoms with Crippen LogP contribution in [0.3, 0.4) is 0 Å². The molecule has 0 N–H and O–H groups in total. The van der Waals surface area contributed by atoms with Crippen LogP contribution in [0.1, 0.15) is 189 Å². The fourth-order valence-electron chi connectivity index (χ4n) is 5.03. The number of pyridine rings is 1. The Morgan fingerprint density at radius 3 is 1.05 bits per heavy atom. The van der Waals surface area contributed by atoms with Gasteiger partial charge in [0.1, 0.15) is 11.4 Å². The van der Waals surface area contributed by atoms with E-state index in [0.29, 0.717) is 13.2 Å². The molecule has 230 valence electrons. The van der Waals surface area contributed by atoms with Crippen LogP contribution in [0.25, 0.3) is 0 Å². The summed E-state index contributed by atoms with van der Waals surface area (Å²) in [7, 11) is 0. The van der Waals surface area contributed by atoms with Crippen LogP contribution >= 0.6 is 0 Å². The zero-order valence-electron chi connectivity index (χ0n) is 26.2. The van der Waals surface area contributed by atoms with Gasteiger partial charge in [-0.25, -0.2) is 14.6 Å². The van der Waals surface area contributed by atoms with Gasteiger partial charge in [0, 0.05) is 0 Å². The molecule has 0 saturated carbocycles. The Balaban J connectivity index is 2.03. The molecular weight excluding hydrogens is 498 g/mol. The van der Waals surface area contributed by atoms with Gasteiger partial charge in [-0.15, -0.1) is 0 Å². The van der Waals surface area contributed by atoms with E-state index in [1.54, 1.807) is 18.2 Å². The largest absolute Gasteiger partial charge is 0.461 e. The molecule has 0 amide bonds. The first kappa shape index (κ1) is 36.1. The van der Waals surface area contributed by atoms with Crippen molar-refractivity contribution in [2.24, 2.45) is 0 Å². The maximum Gasteiger partial charge on any atom is 0.356 e. The summed E-state index contributed by atoms with van der Waals surface area (Å²) in [5.74, 6) is -0.948. The van der Waals surface area contributed by atoms with E-state index >= 15 is 0 Å². The summed E-state index contributed by atoms with van der Waals surface area (Å²) in [6, 6.07) is 4.84. The number of hydrogen-bond donors (Lipinski definition) is 0. The fraction of sp³-hybridized carbons (Fsp3) is 0.800. The van der Waals surface area contributed by atoms with Crippen molar-refractivity contribution in [2.75, 3.05) is 13.2 Å². The molecule has 5 nitrogen and oxygen atoms in total. The van der Waals surface area contributed by atoms with Gasteiger partial charge in [0.05, 0.1) is 13.2 Å². The minimum atomic E-state index is -0.474. The standard InChI is InChI=1S/C35H61NO4/c1-3-5-7-9-11-13-15-16-17-18-20-22-24-26-31-40-35(38)33-29-27-28-32(36-33)34(37)39-30-25-23-21-19-14-12-10-8-6-4-2/h27-29H,3-26,30-31H2,1-2H3. The molecule has 0 bridgehead atoms. The van der Waals surface area contributed by atoms with Gasteiger partial charge >= 0.3 is 11.9 Å². The van der Waals surface area contributed by atoms with E-state index < -0.39 is 11.9 Å². The lowest BCUT2D eigenvalue weighted by Gasteiger charge is -2.07. The lowest BCUT2D eigenvalue weighted by molar-refractivity contribution is 0.0482. The summed E-state index contributed by atoms with van der Waals surface area (Å²) < 4.78 is 10.8. The molecule has 1 heterocycles. The molecule has 0 fully saturated rings. The number of rotatable bonds is 28. The highest BCUT2D eigenvalue weighted by molar-refractivity contribution is 5.91. The predicted octanol–water partition coefficient (Wildman–Crippen LogP) is 10.8. The lowest BCUT2D eigenvalue weighted by Crippen LogP contribution is -2.13. The number of esters is 2. The van der Waals surface area contributed by atoms with Crippen LogP contribution in [0.15, 0.2) is 18.2 Å². The second-order valence-electron chi connectivity index (χ2n) is 11.5. The van der Waals surface area contributed by atoms with E-state index in [1.807, 2.05) is 0 Å². The molecule has 0 aliphatic carbocycles. The zero-order chi connectivity index (χ0) is 28.9. The van der Waals surface area contributed by atoms with Gasteiger partial charge < -0.3 is 9.47 Å². The Labute approximate surface area is 246 Å². The summed E-state index contributed by atoms with van der Waals surface area (Å²) >= 11 is 0. The third-order valence-electron chi connectivity index (χ3n) is 7.63. The van der Waals surface area contributed by atoms with Crippen molar-refractivity contribution in [1.29, 1.82) is 0 Å². The van der Waals surface area contributed by atoms with Crippen molar-refractivity contribution >= 4 is 11.9 Å². The molecule has 0 aromatic carbocycles. The van der Waals surface area contributed by atoms with Crippen LogP contribution in [-0.2, 0) is 9.47 Å². The van der Waals surface area contributed by atoms with Crippen molar-refractivity contribution in [3.05, 3.63) is 29.6 Å². The summed E-state index contributed by atoms with van der Waals surface area (Å²) in [5, 5.41) is 0. The van der Waals surface area contributed by atoms with Crippen LogP contribution in [0.2, 0.25) is 0 Å². The first-order valence-corrected chi connectivity index (χ1v) is 17.0. The van der Waals surface area contributed by atoms with Gasteiger partial charge in [-0.2, -0.15) is 0 Å². The summed E-state index contributed by atoms with van der Waals surface area (Å²) in [5.41, 5.74) is 0.330. The monoisotopic (exact) mass is 559 g/mol. The van der Waals surface area contributed by atoms with Crippen molar-refractivity contribution < 1.29 is 19.1 Å². The molecule has 5 heteroatoms. The van der Waals surface area contributed by atoms with E-state index in [-0.39, 0.29) is 11.4 Å². The van der Waals surface area contributed by atoms with Crippen molar-refractivity contribution in [3.63, 3.8) is 0 Å². The Morgan fingerprint density at radius 2 is 0.750 bits per heavy atom. The minimum Gasteiger partial charge on any atom is -0.461 e. The molecule has 0 atom stereocenters. The maximum absolute atomic E-state index is 12.4. The number of hydrogen-bond acceptors (Lipinski definition) is 5. The number of carbonyl (C=O) groups is 2. The van der Waals surface area contributed by atoms with Gasteiger partial charge in [0.15, 0.2) is 0 Å². The van der Waals surface area contributed by atoms with Gasteiger partial charge in [-0.3, -0.25) is 0 Å². The first-order chi connectivity index (χ1) is 19.7. The van der Waals surface area contributed by atoms with Crippen LogP contribution in [-0.4, -0.2) is 30.1 Å². The Kier molecular flexibility index (Phi) is 24.6. The van der Waals surface area contributed by atoms with Gasteiger partial charge in [0.25, 0.3) is 0 Å². The Bertz CT molecular complexity index is 736. The molecular formula is C35H61NO4. The first-order valence-electron chi connectivity index (χ1n) is 17.0. The highest BCUT2D eigenvalue weighted by atomic mass is 16.5. The molecule has 1 aromatic rings. The number of unbranched alkanes of at least 4 members (excludes halogenated alkanes) is 22. The van der Waals surface area contributed by atoms with Crippen LogP contribution < -0.4 is 0 Å². The molecule has 40 heavy (non-hydrogen) atoms. The third kappa shape index (κ3) is 20.9. The van der Waals surface area contributed by atoms with E-state index in [2.05, 4.69) is 18.8 Å². The SMILES string of the molecule is CCCCCCCCCCCCCCCCOC(=O)c1cccc(C(=O)OCCCCCCCCCCCC)n1. The molecule has 1 rings (SSSR count). The molecule has 0 radical (unpaired) electrons. The zero-order valence-corrected chi connectivity index (χ0v) is 26.2. The predicted molar refractivity (Wildman–Crippen MR) is 167 cm³/mol. The lowest BCUT2D eigenvalue weighted by atomic mass is 10.0. The van der Waals surface area contributed by atoms with Crippen LogP contribution in [0.4, 0.5) is 0 Å². The van der Waals surface area contributed by atoms with Crippen molar-refractivity contribution in [3.8, 4) is 0 Å². The smallest absolute Gasteiger partial charge is 0.356 e. The fourth-order valence-corrected chi connectivity index (χ4v) is 5.03. The third-order valence-corrected chi connectivity index (χ3v) is 7.63. The second-order valence-corrected chi connectivity index (χ2v) is 11.5. The molecule has 0 aliphatic rings. The van der Waals surface area contributed by atoms with E-state index in [0.717, 1.165) is 25.7 Å². The van der Waals surface area contributed by atoms with E-state index in [9.17, 15) is 9.59 Å². The highest BCUT2D eigenvalue weighted by Crippen LogP contribution is 2.14. The normalized spacial score (nSPS) is 11.1. The average molecular weight is 560 g/mol. The minimum absolute atomic E-state index is 0.165. The van der Waals surface area contributed by atoms with Crippen LogP contribution in [0, 0.1) is 0 Å². The quantitative estimate of drug-likeness (QED) is 0.0754. The second kappa shape index (κ2) is 27.3. The van der Waals surface area contributed by atoms with Gasteiger partial charge in [-0.05, 0) is 25.0 Å². The maximum atomic E-state index is 12.4. The van der Waals surface area contributed by atoms with Gasteiger partial charge in [-0.1, -0.05) is 161 Å². The molecule has 1 aromatic heterocycles. The number of carbonyl (C=O) groups excluding carboxylic acids is 2. The van der Waals surface area contributed by atoms with E-state index in [1.165, 1.54) is 128 Å². The molecule has 0 spiro atoms. The Morgan fingerprint density at radius 1 is 0.475 bits per heavy atom. The topological polar surface area (TPSA) is 65.5 Å². The highest BCUT2D eigenvalue weighted by Gasteiger charge is 2.14. The van der Waals surface area contributed by atoms with Gasteiger partial charge in [0.2, 0.25) is 0 Å². The molecule has 0 saturated heterocycles. The molecule has 0 unspecified atom stereocenters. The Hall–Kier alpha value is -1.91. The van der Waals surface area contributed by atoms with Crippen LogP contribution in [0.5, 0.6) is 0 Å². The van der Waals surface area contributed by atoms with Crippen molar-refractivity contribution in [1.82, 2.24) is 4.98 Å². The number of aromatic nitrogens is 1. The van der Waals surface area contributed by atoms with E-state index in [4.69, 9.17) is 9.47 Å². The molecule has 0 aliphatic heterocycles.